The van der Waals surface area contributed by atoms with Gasteiger partial charge in [-0.05, 0) is 0 Å². The zero-order valence-corrected chi connectivity index (χ0v) is 15.4. The van der Waals surface area contributed by atoms with E-state index >= 15 is 0 Å². The highest BCUT2D eigenvalue weighted by atomic mass is 35.5. The molecule has 2 aromatic rings. The minimum Gasteiger partial charge on any atom is -0.383 e. The average Bonchev–Trinajstić information content (AvgIpc) is 3.11. The van der Waals surface area contributed by atoms with E-state index in [1.165, 1.54) is 11.3 Å². The molecule has 0 spiro atoms. The van der Waals surface area contributed by atoms with Crippen LogP contribution in [-0.4, -0.2) is 54.0 Å². The molecule has 2 aromatic heterocycles. The smallest absolute Gasteiger partial charge is 0.263 e. The van der Waals surface area contributed by atoms with Gasteiger partial charge < -0.3 is 15.4 Å². The maximum atomic E-state index is 12.0. The zero-order chi connectivity index (χ0) is 15.1. The summed E-state index contributed by atoms with van der Waals surface area (Å²) >= 11 is 1.36. The molecule has 0 saturated carbocycles. The van der Waals surface area contributed by atoms with Gasteiger partial charge in [0.15, 0.2) is 0 Å². The maximum absolute atomic E-state index is 12.0. The third-order valence-electron chi connectivity index (χ3n) is 2.75. The average molecular weight is 382 g/mol. The molecule has 0 unspecified atom stereocenters. The van der Waals surface area contributed by atoms with Crippen molar-refractivity contribution in [3.05, 3.63) is 23.5 Å². The van der Waals surface area contributed by atoms with Crippen LogP contribution in [0.5, 0.6) is 0 Å². The number of hydrogen-bond donors (Lipinski definition) is 2. The molecule has 2 heterocycles. The molecule has 10 heteroatoms. The predicted octanol–water partition coefficient (Wildman–Crippen LogP) is 1.35. The van der Waals surface area contributed by atoms with Crippen LogP contribution in [0.4, 0.5) is 0 Å². The second kappa shape index (κ2) is 11.4. The van der Waals surface area contributed by atoms with Crippen LogP contribution < -0.4 is 10.6 Å². The van der Waals surface area contributed by atoms with Gasteiger partial charge in [-0.2, -0.15) is 5.10 Å². The van der Waals surface area contributed by atoms with Gasteiger partial charge in [0.2, 0.25) is 0 Å². The molecule has 130 valence electrons. The van der Waals surface area contributed by atoms with Crippen molar-refractivity contribution in [2.45, 2.75) is 0 Å². The Morgan fingerprint density at radius 3 is 2.74 bits per heavy atom. The van der Waals surface area contributed by atoms with Crippen LogP contribution in [0.1, 0.15) is 9.67 Å². The standard InChI is InChI=1S/C13H19N5O2S.2ClH/c1-18-9-10(7-17-18)13-16-8-11(21-13)12(19)15-4-3-14-5-6-20-2;;/h7-9,14H,3-6H2,1-2H3,(H,15,19);2*1H. The molecule has 23 heavy (non-hydrogen) atoms. The van der Waals surface area contributed by atoms with Gasteiger partial charge in [-0.15, -0.1) is 36.2 Å². The Hall–Kier alpha value is -1.19. The number of hydrogen-bond acceptors (Lipinski definition) is 6. The van der Waals surface area contributed by atoms with Crippen LogP contribution in [0.2, 0.25) is 0 Å². The van der Waals surface area contributed by atoms with Gasteiger partial charge >= 0.3 is 0 Å². The van der Waals surface area contributed by atoms with E-state index in [-0.39, 0.29) is 30.7 Å². The topological polar surface area (TPSA) is 81.1 Å². The lowest BCUT2D eigenvalue weighted by molar-refractivity contribution is 0.0957. The van der Waals surface area contributed by atoms with Gasteiger partial charge in [-0.25, -0.2) is 4.98 Å². The molecule has 0 atom stereocenters. The molecule has 1 amide bonds. The summed E-state index contributed by atoms with van der Waals surface area (Å²) in [5.74, 6) is -0.101. The largest absolute Gasteiger partial charge is 0.383 e. The number of nitrogens with one attached hydrogen (secondary N) is 2. The summed E-state index contributed by atoms with van der Waals surface area (Å²) in [4.78, 5) is 16.8. The van der Waals surface area contributed by atoms with E-state index in [4.69, 9.17) is 4.74 Å². The van der Waals surface area contributed by atoms with Crippen molar-refractivity contribution in [1.82, 2.24) is 25.4 Å². The summed E-state index contributed by atoms with van der Waals surface area (Å²) < 4.78 is 6.63. The van der Waals surface area contributed by atoms with Crippen LogP contribution in [0.3, 0.4) is 0 Å². The number of methoxy groups -OCH3 is 1. The van der Waals surface area contributed by atoms with Crippen molar-refractivity contribution < 1.29 is 9.53 Å². The van der Waals surface area contributed by atoms with Crippen LogP contribution in [0.15, 0.2) is 18.6 Å². The Bertz CT molecular complexity index is 590. The summed E-state index contributed by atoms with van der Waals surface area (Å²) in [6, 6.07) is 0. The molecule has 7 nitrogen and oxygen atoms in total. The van der Waals surface area contributed by atoms with E-state index in [9.17, 15) is 4.79 Å². The highest BCUT2D eigenvalue weighted by Crippen LogP contribution is 2.24. The van der Waals surface area contributed by atoms with E-state index in [0.717, 1.165) is 17.1 Å². The number of amides is 1. The predicted molar refractivity (Wildman–Crippen MR) is 95.9 cm³/mol. The van der Waals surface area contributed by atoms with Crippen molar-refractivity contribution in [3.63, 3.8) is 0 Å². The molecular weight excluding hydrogens is 361 g/mol. The van der Waals surface area contributed by atoms with E-state index < -0.39 is 0 Å². The Labute approximate surface area is 151 Å². The molecule has 0 fully saturated rings. The fourth-order valence-electron chi connectivity index (χ4n) is 1.69. The normalized spacial score (nSPS) is 9.83. The third kappa shape index (κ3) is 6.84. The Kier molecular flexibility index (Phi) is 10.8. The highest BCUT2D eigenvalue weighted by molar-refractivity contribution is 7.16. The van der Waals surface area contributed by atoms with Crippen molar-refractivity contribution in [1.29, 1.82) is 0 Å². The maximum Gasteiger partial charge on any atom is 0.263 e. The van der Waals surface area contributed by atoms with Crippen LogP contribution in [0, 0.1) is 0 Å². The molecule has 0 radical (unpaired) electrons. The highest BCUT2D eigenvalue weighted by Gasteiger charge is 2.12. The number of carbonyl (C=O) groups excluding carboxylic acids is 1. The first-order chi connectivity index (χ1) is 10.2. The fourth-order valence-corrected chi connectivity index (χ4v) is 2.50. The Morgan fingerprint density at radius 2 is 2.09 bits per heavy atom. The molecule has 0 aliphatic carbocycles. The van der Waals surface area contributed by atoms with Crippen LogP contribution in [0.25, 0.3) is 10.6 Å². The number of ether oxygens (including phenoxy) is 1. The Morgan fingerprint density at radius 1 is 1.30 bits per heavy atom. The fraction of sp³-hybridized carbons (Fsp3) is 0.462. The van der Waals surface area contributed by atoms with Gasteiger partial charge in [0.05, 0.1) is 19.0 Å². The second-order valence-corrected chi connectivity index (χ2v) is 5.46. The third-order valence-corrected chi connectivity index (χ3v) is 3.80. The molecule has 0 saturated heterocycles. The first-order valence-corrected chi connectivity index (χ1v) is 7.45. The first-order valence-electron chi connectivity index (χ1n) is 6.63. The molecule has 0 aromatic carbocycles. The van der Waals surface area contributed by atoms with Crippen LogP contribution >= 0.6 is 36.2 Å². The molecule has 0 aliphatic heterocycles. The summed E-state index contributed by atoms with van der Waals surface area (Å²) in [5, 5.41) is 10.9. The van der Waals surface area contributed by atoms with Crippen molar-refractivity contribution >= 4 is 42.1 Å². The minimum absolute atomic E-state index is 0. The number of carbonyl (C=O) groups is 1. The SMILES string of the molecule is COCCNCCNC(=O)c1cnc(-c2cnn(C)c2)s1.Cl.Cl. The number of aryl methyl sites for hydroxylation is 1. The summed E-state index contributed by atoms with van der Waals surface area (Å²) in [6.07, 6.45) is 5.21. The summed E-state index contributed by atoms with van der Waals surface area (Å²) in [7, 11) is 3.51. The summed E-state index contributed by atoms with van der Waals surface area (Å²) in [6.45, 7) is 2.72. The lowest BCUT2D eigenvalue weighted by Crippen LogP contribution is -2.32. The van der Waals surface area contributed by atoms with Gasteiger partial charge in [0, 0.05) is 45.6 Å². The van der Waals surface area contributed by atoms with E-state index in [0.29, 0.717) is 24.6 Å². The van der Waals surface area contributed by atoms with Crippen molar-refractivity contribution in [2.24, 2.45) is 7.05 Å². The van der Waals surface area contributed by atoms with Gasteiger partial charge in [-0.1, -0.05) is 0 Å². The monoisotopic (exact) mass is 381 g/mol. The second-order valence-electron chi connectivity index (χ2n) is 4.43. The quantitative estimate of drug-likeness (QED) is 0.674. The molecule has 0 aliphatic rings. The Balaban J connectivity index is 0.00000242. The zero-order valence-electron chi connectivity index (χ0n) is 12.9. The molecular formula is C13H21Cl2N5O2S. The molecule has 2 N–H and O–H groups in total. The van der Waals surface area contributed by atoms with E-state index in [1.54, 1.807) is 24.2 Å². The summed E-state index contributed by atoms with van der Waals surface area (Å²) in [5.41, 5.74) is 0.919. The van der Waals surface area contributed by atoms with E-state index in [1.807, 2.05) is 13.2 Å². The van der Waals surface area contributed by atoms with Gasteiger partial charge in [0.1, 0.15) is 9.88 Å². The molecule has 2 rings (SSSR count). The molecule has 0 bridgehead atoms. The van der Waals surface area contributed by atoms with E-state index in [2.05, 4.69) is 20.7 Å². The minimum atomic E-state index is -0.101. The van der Waals surface area contributed by atoms with Crippen molar-refractivity contribution in [2.75, 3.05) is 33.4 Å². The lowest BCUT2D eigenvalue weighted by atomic mass is 10.4. The van der Waals surface area contributed by atoms with Crippen molar-refractivity contribution in [3.8, 4) is 10.6 Å². The van der Waals surface area contributed by atoms with Gasteiger partial charge in [-0.3, -0.25) is 9.48 Å². The van der Waals surface area contributed by atoms with Gasteiger partial charge in [0.25, 0.3) is 5.91 Å². The number of halogens is 2. The lowest BCUT2D eigenvalue weighted by Gasteiger charge is -2.04. The number of rotatable bonds is 8. The van der Waals surface area contributed by atoms with Crippen LogP contribution in [-0.2, 0) is 11.8 Å². The number of nitrogens with zero attached hydrogens (tertiary/aromatic N) is 3. The number of aromatic nitrogens is 3. The number of thiazole rings is 1. The first kappa shape index (κ1) is 21.8.